The minimum absolute atomic E-state index is 0.238. The summed E-state index contributed by atoms with van der Waals surface area (Å²) < 4.78 is 21.2. The third-order valence-electron chi connectivity index (χ3n) is 4.06. The average Bonchev–Trinajstić information content (AvgIpc) is 3.08. The summed E-state index contributed by atoms with van der Waals surface area (Å²) in [5, 5.41) is 2.74. The van der Waals surface area contributed by atoms with Crippen LogP contribution in [-0.2, 0) is 4.74 Å². The maximum absolute atomic E-state index is 14.2. The summed E-state index contributed by atoms with van der Waals surface area (Å²) in [6, 6.07) is 9.28. The predicted octanol–water partition coefficient (Wildman–Crippen LogP) is 2.15. The lowest BCUT2D eigenvalue weighted by molar-refractivity contribution is 0.102. The lowest BCUT2D eigenvalue weighted by Crippen LogP contribution is -2.27. The molecule has 0 saturated heterocycles. The zero-order chi connectivity index (χ0) is 18.1. The molecular weight excluding hydrogens is 337 g/mol. The van der Waals surface area contributed by atoms with E-state index in [0.717, 1.165) is 0 Å². The molecule has 0 unspecified atom stereocenters. The number of aliphatic imine (C=N–C) groups is 1. The highest BCUT2D eigenvalue weighted by molar-refractivity contribution is 6.03. The van der Waals surface area contributed by atoms with Gasteiger partial charge in [0, 0.05) is 23.6 Å². The second kappa shape index (κ2) is 6.57. The summed E-state index contributed by atoms with van der Waals surface area (Å²) in [7, 11) is 0. The number of nitrogens with zero attached hydrogens (tertiary/aromatic N) is 3. The zero-order valence-corrected chi connectivity index (χ0v) is 13.7. The van der Waals surface area contributed by atoms with Crippen molar-refractivity contribution in [1.82, 2.24) is 9.38 Å². The number of benzene rings is 1. The van der Waals surface area contributed by atoms with Crippen LogP contribution < -0.4 is 11.1 Å². The lowest BCUT2D eigenvalue weighted by atomic mass is 10.1. The molecule has 0 saturated carbocycles. The largest absolute Gasteiger partial charge is 0.386 e. The molecular formula is C18H16FN5O2. The maximum atomic E-state index is 14.2. The van der Waals surface area contributed by atoms with Crippen LogP contribution in [0.3, 0.4) is 0 Å². The molecule has 26 heavy (non-hydrogen) atoms. The lowest BCUT2D eigenvalue weighted by Gasteiger charge is -2.20. The van der Waals surface area contributed by atoms with Crippen molar-refractivity contribution in [2.45, 2.75) is 6.04 Å². The summed E-state index contributed by atoms with van der Waals surface area (Å²) in [6.07, 6.45) is 3.44. The summed E-state index contributed by atoms with van der Waals surface area (Å²) in [5.74, 6) is -0.489. The van der Waals surface area contributed by atoms with E-state index < -0.39 is 11.9 Å². The number of amidine groups is 1. The third-order valence-corrected chi connectivity index (χ3v) is 4.06. The molecule has 1 aliphatic rings. The van der Waals surface area contributed by atoms with Gasteiger partial charge in [0.25, 0.3) is 5.91 Å². The van der Waals surface area contributed by atoms with E-state index in [1.54, 1.807) is 28.9 Å². The number of halogens is 1. The van der Waals surface area contributed by atoms with Gasteiger partial charge >= 0.3 is 0 Å². The zero-order valence-electron chi connectivity index (χ0n) is 13.7. The number of nitrogens with two attached hydrogens (primary N) is 1. The minimum atomic E-state index is -0.532. The molecule has 132 valence electrons. The first kappa shape index (κ1) is 16.2. The molecule has 3 aromatic rings. The first-order chi connectivity index (χ1) is 12.6. The Hall–Kier alpha value is -3.26. The number of carbonyl (C=O) groups is 1. The van der Waals surface area contributed by atoms with E-state index in [2.05, 4.69) is 15.3 Å². The Balaban J connectivity index is 1.59. The molecule has 0 fully saturated rings. The van der Waals surface area contributed by atoms with Crippen molar-refractivity contribution in [3.05, 3.63) is 65.9 Å². The third kappa shape index (κ3) is 3.14. The summed E-state index contributed by atoms with van der Waals surface area (Å²) in [6.45, 7) is 0.476. The van der Waals surface area contributed by atoms with Gasteiger partial charge in [-0.05, 0) is 30.3 Å². The fourth-order valence-corrected chi connectivity index (χ4v) is 2.83. The standard InChI is InChI=1S/C18H16FN5O2/c19-13-5-4-11(7-12(13)15-9-26-10-16(20)22-15)21-18(25)14-8-24-6-2-1-3-17(24)23-14/h1-8,15H,9-10H2,(H2,20,22)(H,21,25)/t15-/m0/s1. The monoisotopic (exact) mass is 353 g/mol. The van der Waals surface area contributed by atoms with Crippen molar-refractivity contribution in [2.24, 2.45) is 10.7 Å². The van der Waals surface area contributed by atoms with Gasteiger partial charge in [-0.3, -0.25) is 9.79 Å². The topological polar surface area (TPSA) is 94.0 Å². The van der Waals surface area contributed by atoms with Gasteiger partial charge in [-0.15, -0.1) is 0 Å². The number of ether oxygens (including phenoxy) is 1. The molecule has 4 rings (SSSR count). The van der Waals surface area contributed by atoms with Crippen LogP contribution in [0.2, 0.25) is 0 Å². The number of imidazole rings is 1. The number of nitrogens with one attached hydrogen (secondary N) is 1. The second-order valence-electron chi connectivity index (χ2n) is 5.93. The van der Waals surface area contributed by atoms with E-state index >= 15 is 0 Å². The molecule has 0 aliphatic carbocycles. The van der Waals surface area contributed by atoms with Gasteiger partial charge in [0.05, 0.1) is 6.61 Å². The minimum Gasteiger partial charge on any atom is -0.386 e. The van der Waals surface area contributed by atoms with Gasteiger partial charge < -0.3 is 20.2 Å². The van der Waals surface area contributed by atoms with Crippen LogP contribution in [-0.4, -0.2) is 34.3 Å². The van der Waals surface area contributed by atoms with Crippen molar-refractivity contribution in [3.8, 4) is 0 Å². The van der Waals surface area contributed by atoms with E-state index in [4.69, 9.17) is 10.5 Å². The van der Waals surface area contributed by atoms with Gasteiger partial charge in [0.2, 0.25) is 0 Å². The summed E-state index contributed by atoms with van der Waals surface area (Å²) in [5.41, 5.74) is 7.37. The normalized spacial score (nSPS) is 17.1. The fourth-order valence-electron chi connectivity index (χ4n) is 2.83. The van der Waals surface area contributed by atoms with Crippen LogP contribution in [0.5, 0.6) is 0 Å². The number of aromatic nitrogens is 2. The van der Waals surface area contributed by atoms with Gasteiger partial charge in [0.15, 0.2) is 0 Å². The van der Waals surface area contributed by atoms with Gasteiger partial charge in [0.1, 0.15) is 35.6 Å². The van der Waals surface area contributed by atoms with Crippen molar-refractivity contribution in [1.29, 1.82) is 0 Å². The molecule has 0 spiro atoms. The van der Waals surface area contributed by atoms with Crippen molar-refractivity contribution in [3.63, 3.8) is 0 Å². The fraction of sp³-hybridized carbons (Fsp3) is 0.167. The van der Waals surface area contributed by atoms with E-state index in [9.17, 15) is 9.18 Å². The van der Waals surface area contributed by atoms with Crippen molar-refractivity contribution in [2.75, 3.05) is 18.5 Å². The van der Waals surface area contributed by atoms with Crippen LogP contribution in [0.1, 0.15) is 22.1 Å². The number of hydrogen-bond acceptors (Lipinski definition) is 5. The second-order valence-corrected chi connectivity index (χ2v) is 5.93. The summed E-state index contributed by atoms with van der Waals surface area (Å²) >= 11 is 0. The number of rotatable bonds is 3. The van der Waals surface area contributed by atoms with Gasteiger partial charge in [-0.25, -0.2) is 9.37 Å². The van der Waals surface area contributed by atoms with Crippen LogP contribution in [0.15, 0.2) is 53.8 Å². The van der Waals surface area contributed by atoms with E-state index in [1.807, 2.05) is 12.1 Å². The number of anilines is 1. The van der Waals surface area contributed by atoms with Crippen LogP contribution in [0.4, 0.5) is 10.1 Å². The highest BCUT2D eigenvalue weighted by atomic mass is 19.1. The molecule has 3 heterocycles. The smallest absolute Gasteiger partial charge is 0.275 e. The first-order valence-electron chi connectivity index (χ1n) is 8.04. The molecule has 2 aromatic heterocycles. The Bertz CT molecular complexity index is 981. The molecule has 1 amide bonds. The average molecular weight is 353 g/mol. The van der Waals surface area contributed by atoms with Crippen molar-refractivity contribution < 1.29 is 13.9 Å². The number of pyridine rings is 1. The van der Waals surface area contributed by atoms with Crippen molar-refractivity contribution >= 4 is 23.1 Å². The molecule has 1 aliphatic heterocycles. The van der Waals surface area contributed by atoms with Gasteiger partial charge in [-0.1, -0.05) is 6.07 Å². The van der Waals surface area contributed by atoms with Crippen LogP contribution in [0.25, 0.3) is 5.65 Å². The Morgan fingerprint density at radius 2 is 2.23 bits per heavy atom. The highest BCUT2D eigenvalue weighted by Crippen LogP contribution is 2.26. The molecule has 0 bridgehead atoms. The maximum Gasteiger partial charge on any atom is 0.275 e. The van der Waals surface area contributed by atoms with Crippen LogP contribution in [0, 0.1) is 5.82 Å². The number of fused-ring (bicyclic) bond motifs is 1. The number of hydrogen-bond donors (Lipinski definition) is 2. The Morgan fingerprint density at radius 1 is 1.35 bits per heavy atom. The Morgan fingerprint density at radius 3 is 3.04 bits per heavy atom. The van der Waals surface area contributed by atoms with Crippen LogP contribution >= 0.6 is 0 Å². The van der Waals surface area contributed by atoms with Gasteiger partial charge in [-0.2, -0.15) is 0 Å². The Kier molecular flexibility index (Phi) is 4.10. The van der Waals surface area contributed by atoms with E-state index in [0.29, 0.717) is 22.7 Å². The number of carbonyl (C=O) groups excluding carboxylic acids is 1. The predicted molar refractivity (Wildman–Crippen MR) is 94.7 cm³/mol. The number of amides is 1. The molecule has 8 heteroatoms. The SMILES string of the molecule is NC1=N[C@H](c2cc(NC(=O)c3cn4ccccc4n3)ccc2F)COC1. The molecule has 1 aromatic carbocycles. The Labute approximate surface area is 148 Å². The first-order valence-corrected chi connectivity index (χ1v) is 8.04. The highest BCUT2D eigenvalue weighted by Gasteiger charge is 2.20. The molecule has 0 radical (unpaired) electrons. The molecule has 7 nitrogen and oxygen atoms in total. The molecule has 1 atom stereocenters. The van der Waals surface area contributed by atoms with E-state index in [1.165, 1.54) is 12.1 Å². The quantitative estimate of drug-likeness (QED) is 0.754. The molecule has 3 N–H and O–H groups in total. The van der Waals surface area contributed by atoms with E-state index in [-0.39, 0.29) is 24.8 Å². The summed E-state index contributed by atoms with van der Waals surface area (Å²) in [4.78, 5) is 20.9.